The van der Waals surface area contributed by atoms with Gasteiger partial charge in [-0.3, -0.25) is 4.79 Å². The van der Waals surface area contributed by atoms with Crippen molar-refractivity contribution in [3.63, 3.8) is 0 Å². The number of halogens is 1. The molecule has 1 atom stereocenters. The topological polar surface area (TPSA) is 64.3 Å². The molecule has 0 radical (unpaired) electrons. The normalized spacial score (nSPS) is 12.9. The molecule has 0 bridgehead atoms. The lowest BCUT2D eigenvalue weighted by Gasteiger charge is -2.26. The predicted octanol–water partition coefficient (Wildman–Crippen LogP) is 2.07. The summed E-state index contributed by atoms with van der Waals surface area (Å²) in [5.41, 5.74) is 5.14. The van der Waals surface area contributed by atoms with E-state index in [4.69, 9.17) is 10.5 Å². The van der Waals surface area contributed by atoms with E-state index in [9.17, 15) is 4.79 Å². The molecule has 1 aromatic carbocycles. The Morgan fingerprint density at radius 1 is 1.44 bits per heavy atom. The first-order valence-corrected chi connectivity index (χ1v) is 6.58. The van der Waals surface area contributed by atoms with Crippen molar-refractivity contribution in [1.82, 2.24) is 5.32 Å². The molecule has 0 fully saturated rings. The molecular weight excluding hydrogens is 296 g/mol. The van der Waals surface area contributed by atoms with E-state index in [0.29, 0.717) is 12.3 Å². The average molecular weight is 315 g/mol. The lowest BCUT2D eigenvalue weighted by Crippen LogP contribution is -2.52. The molecule has 4 nitrogen and oxygen atoms in total. The van der Waals surface area contributed by atoms with Gasteiger partial charge in [0.1, 0.15) is 5.75 Å². The van der Waals surface area contributed by atoms with Gasteiger partial charge in [-0.25, -0.2) is 0 Å². The lowest BCUT2D eigenvalue weighted by atomic mass is 10.1. The van der Waals surface area contributed by atoms with Crippen LogP contribution in [0.5, 0.6) is 5.75 Å². The maximum atomic E-state index is 11.9. The first-order valence-electron chi connectivity index (χ1n) is 5.78. The molecule has 0 spiro atoms. The van der Waals surface area contributed by atoms with Crippen molar-refractivity contribution in [2.24, 2.45) is 5.73 Å². The van der Waals surface area contributed by atoms with Crippen molar-refractivity contribution in [3.8, 4) is 5.75 Å². The van der Waals surface area contributed by atoms with E-state index in [1.54, 1.807) is 6.92 Å². The summed E-state index contributed by atoms with van der Waals surface area (Å²) in [7, 11) is 0. The maximum absolute atomic E-state index is 11.9. The third kappa shape index (κ3) is 4.66. The molecule has 18 heavy (non-hydrogen) atoms. The number of carbonyl (C=O) groups is 1. The van der Waals surface area contributed by atoms with Gasteiger partial charge in [0, 0.05) is 16.6 Å². The average Bonchev–Trinajstić information content (AvgIpc) is 2.31. The van der Waals surface area contributed by atoms with Crippen LogP contribution in [0.1, 0.15) is 20.8 Å². The van der Waals surface area contributed by atoms with Gasteiger partial charge in [-0.2, -0.15) is 0 Å². The molecule has 0 saturated carbocycles. The number of ether oxygens (including phenoxy) is 1. The number of carbonyl (C=O) groups excluding carboxylic acids is 1. The zero-order chi connectivity index (χ0) is 13.8. The van der Waals surface area contributed by atoms with E-state index in [0.717, 1.165) is 4.47 Å². The number of rotatable bonds is 5. The molecule has 0 heterocycles. The van der Waals surface area contributed by atoms with Crippen LogP contribution in [-0.2, 0) is 4.79 Å². The lowest BCUT2D eigenvalue weighted by molar-refractivity contribution is -0.128. The Morgan fingerprint density at radius 2 is 2.00 bits per heavy atom. The minimum atomic E-state index is -0.558. The van der Waals surface area contributed by atoms with Crippen molar-refractivity contribution in [2.45, 2.75) is 32.4 Å². The molecule has 3 N–H and O–H groups in total. The highest BCUT2D eigenvalue weighted by Crippen LogP contribution is 2.17. The number of amides is 1. The number of nitrogens with one attached hydrogen (secondary N) is 1. The maximum Gasteiger partial charge on any atom is 0.261 e. The van der Waals surface area contributed by atoms with Gasteiger partial charge >= 0.3 is 0 Å². The van der Waals surface area contributed by atoms with Crippen LogP contribution in [0.4, 0.5) is 0 Å². The first kappa shape index (κ1) is 15.0. The van der Waals surface area contributed by atoms with E-state index in [2.05, 4.69) is 21.2 Å². The van der Waals surface area contributed by atoms with Crippen molar-refractivity contribution < 1.29 is 9.53 Å². The standard InChI is InChI=1S/C13H19BrN2O2/c1-9(12(17)16-13(2,3)8-15)18-11-6-4-10(14)5-7-11/h4-7,9H,8,15H2,1-3H3,(H,16,17). The smallest absolute Gasteiger partial charge is 0.261 e. The molecule has 0 saturated heterocycles. The highest BCUT2D eigenvalue weighted by atomic mass is 79.9. The van der Waals surface area contributed by atoms with E-state index >= 15 is 0 Å². The molecule has 0 aliphatic heterocycles. The molecule has 0 aliphatic carbocycles. The van der Waals surface area contributed by atoms with E-state index in [1.807, 2.05) is 38.1 Å². The fourth-order valence-corrected chi connectivity index (χ4v) is 1.52. The highest BCUT2D eigenvalue weighted by Gasteiger charge is 2.23. The van der Waals surface area contributed by atoms with Gasteiger partial charge in [-0.15, -0.1) is 0 Å². The molecule has 1 aromatic rings. The molecule has 1 rings (SSSR count). The predicted molar refractivity (Wildman–Crippen MR) is 75.5 cm³/mol. The quantitative estimate of drug-likeness (QED) is 0.874. The molecular formula is C13H19BrN2O2. The third-order valence-electron chi connectivity index (χ3n) is 2.47. The fourth-order valence-electron chi connectivity index (χ4n) is 1.26. The summed E-state index contributed by atoms with van der Waals surface area (Å²) in [6, 6.07) is 7.34. The van der Waals surface area contributed by atoms with Gasteiger partial charge in [0.15, 0.2) is 6.10 Å². The Labute approximate surface area is 116 Å². The summed E-state index contributed by atoms with van der Waals surface area (Å²) in [5.74, 6) is 0.486. The SMILES string of the molecule is CC(Oc1ccc(Br)cc1)C(=O)NC(C)(C)CN. The molecule has 0 aliphatic rings. The second kappa shape index (κ2) is 6.20. The number of hydrogen-bond acceptors (Lipinski definition) is 3. The van der Waals surface area contributed by atoms with Crippen LogP contribution in [0.2, 0.25) is 0 Å². The van der Waals surface area contributed by atoms with Crippen LogP contribution in [0.15, 0.2) is 28.7 Å². The van der Waals surface area contributed by atoms with Crippen molar-refractivity contribution in [1.29, 1.82) is 0 Å². The van der Waals surface area contributed by atoms with Crippen molar-refractivity contribution in [2.75, 3.05) is 6.54 Å². The van der Waals surface area contributed by atoms with Crippen molar-refractivity contribution in [3.05, 3.63) is 28.7 Å². The largest absolute Gasteiger partial charge is 0.481 e. The highest BCUT2D eigenvalue weighted by molar-refractivity contribution is 9.10. The van der Waals surface area contributed by atoms with Gasteiger partial charge in [-0.05, 0) is 45.0 Å². The summed E-state index contributed by atoms with van der Waals surface area (Å²) >= 11 is 3.34. The Bertz CT molecular complexity index is 404. The minimum Gasteiger partial charge on any atom is -0.481 e. The van der Waals surface area contributed by atoms with Gasteiger partial charge in [0.05, 0.1) is 0 Å². The zero-order valence-corrected chi connectivity index (χ0v) is 12.5. The van der Waals surface area contributed by atoms with Gasteiger partial charge in [-0.1, -0.05) is 15.9 Å². The Balaban J connectivity index is 2.57. The molecule has 100 valence electrons. The molecule has 1 amide bonds. The second-order valence-electron chi connectivity index (χ2n) is 4.79. The first-order chi connectivity index (χ1) is 8.34. The van der Waals surface area contributed by atoms with Gasteiger partial charge < -0.3 is 15.8 Å². The Kier molecular flexibility index (Phi) is 5.16. The molecule has 5 heteroatoms. The minimum absolute atomic E-state index is 0.173. The van der Waals surface area contributed by atoms with Crippen LogP contribution in [-0.4, -0.2) is 24.1 Å². The van der Waals surface area contributed by atoms with E-state index < -0.39 is 11.6 Å². The summed E-state index contributed by atoms with van der Waals surface area (Å²) < 4.78 is 6.52. The number of hydrogen-bond donors (Lipinski definition) is 2. The summed E-state index contributed by atoms with van der Waals surface area (Å²) in [4.78, 5) is 11.9. The Hall–Kier alpha value is -1.07. The van der Waals surface area contributed by atoms with Gasteiger partial charge in [0.25, 0.3) is 5.91 Å². The fraction of sp³-hybridized carbons (Fsp3) is 0.462. The van der Waals surface area contributed by atoms with Crippen LogP contribution >= 0.6 is 15.9 Å². The Morgan fingerprint density at radius 3 is 2.50 bits per heavy atom. The third-order valence-corrected chi connectivity index (χ3v) is 3.00. The molecule has 0 aromatic heterocycles. The van der Waals surface area contributed by atoms with Crippen molar-refractivity contribution >= 4 is 21.8 Å². The number of nitrogens with two attached hydrogens (primary N) is 1. The van der Waals surface area contributed by atoms with Crippen LogP contribution in [0.3, 0.4) is 0 Å². The summed E-state index contributed by atoms with van der Waals surface area (Å²) in [6.45, 7) is 5.84. The monoisotopic (exact) mass is 314 g/mol. The second-order valence-corrected chi connectivity index (χ2v) is 5.71. The van der Waals surface area contributed by atoms with Crippen LogP contribution in [0, 0.1) is 0 Å². The van der Waals surface area contributed by atoms with E-state index in [1.165, 1.54) is 0 Å². The summed E-state index contributed by atoms with van der Waals surface area (Å²) in [6.07, 6.45) is -0.558. The van der Waals surface area contributed by atoms with E-state index in [-0.39, 0.29) is 5.91 Å². The van der Waals surface area contributed by atoms with Crippen LogP contribution < -0.4 is 15.8 Å². The van der Waals surface area contributed by atoms with Crippen LogP contribution in [0.25, 0.3) is 0 Å². The zero-order valence-electron chi connectivity index (χ0n) is 10.9. The summed E-state index contributed by atoms with van der Waals surface area (Å²) in [5, 5.41) is 2.84. The number of benzene rings is 1. The van der Waals surface area contributed by atoms with Gasteiger partial charge in [0.2, 0.25) is 0 Å². The molecule has 1 unspecified atom stereocenters.